The molecule has 0 radical (unpaired) electrons. The molecule has 5 heteroatoms. The Morgan fingerprint density at radius 2 is 2.28 bits per heavy atom. The Morgan fingerprint density at radius 1 is 1.33 bits per heavy atom. The normalized spacial score (nSPS) is 10.9. The van der Waals surface area contributed by atoms with E-state index in [4.69, 9.17) is 4.74 Å². The summed E-state index contributed by atoms with van der Waals surface area (Å²) in [6.07, 6.45) is 1.15. The molecule has 2 aromatic rings. The van der Waals surface area contributed by atoms with Crippen LogP contribution in [0.3, 0.4) is 0 Å². The van der Waals surface area contributed by atoms with Crippen LogP contribution in [0, 0.1) is 0 Å². The van der Waals surface area contributed by atoms with E-state index >= 15 is 0 Å². The lowest BCUT2D eigenvalue weighted by molar-refractivity contribution is 0.107. The SMILES string of the molecule is CCCNCc1nc(COCc2cccs2)cs1. The zero-order chi connectivity index (χ0) is 12.6. The van der Waals surface area contributed by atoms with Gasteiger partial charge in [0, 0.05) is 16.8 Å². The van der Waals surface area contributed by atoms with Crippen LogP contribution in [0.1, 0.15) is 28.9 Å². The van der Waals surface area contributed by atoms with Crippen molar-refractivity contribution in [1.82, 2.24) is 10.3 Å². The highest BCUT2D eigenvalue weighted by atomic mass is 32.1. The van der Waals surface area contributed by atoms with E-state index in [9.17, 15) is 0 Å². The van der Waals surface area contributed by atoms with Crippen molar-refractivity contribution in [3.63, 3.8) is 0 Å². The van der Waals surface area contributed by atoms with Crippen molar-refractivity contribution in [3.8, 4) is 0 Å². The maximum absolute atomic E-state index is 5.64. The zero-order valence-electron chi connectivity index (χ0n) is 10.5. The average Bonchev–Trinajstić information content (AvgIpc) is 3.01. The van der Waals surface area contributed by atoms with Crippen LogP contribution < -0.4 is 5.32 Å². The van der Waals surface area contributed by atoms with Gasteiger partial charge in [-0.15, -0.1) is 22.7 Å². The first-order chi connectivity index (χ1) is 8.88. The highest BCUT2D eigenvalue weighted by Gasteiger charge is 2.02. The maximum Gasteiger partial charge on any atom is 0.107 e. The predicted octanol–water partition coefficient (Wildman–Crippen LogP) is 3.42. The van der Waals surface area contributed by atoms with Crippen molar-refractivity contribution in [2.24, 2.45) is 0 Å². The molecule has 2 heterocycles. The molecule has 0 bridgehead atoms. The van der Waals surface area contributed by atoms with Gasteiger partial charge in [0.15, 0.2) is 0 Å². The van der Waals surface area contributed by atoms with Crippen molar-refractivity contribution in [3.05, 3.63) is 38.5 Å². The molecule has 0 amide bonds. The molecule has 0 unspecified atom stereocenters. The molecule has 1 N–H and O–H groups in total. The Hall–Kier alpha value is -0.750. The second-order valence-electron chi connectivity index (χ2n) is 3.98. The summed E-state index contributed by atoms with van der Waals surface area (Å²) in [5.74, 6) is 0. The Kier molecular flexibility index (Phi) is 5.80. The third-order valence-corrected chi connectivity index (χ3v) is 4.12. The molecule has 0 aliphatic rings. The van der Waals surface area contributed by atoms with E-state index in [1.165, 1.54) is 4.88 Å². The molecule has 0 aromatic carbocycles. The summed E-state index contributed by atoms with van der Waals surface area (Å²) >= 11 is 3.42. The molecule has 0 saturated heterocycles. The Labute approximate surface area is 116 Å². The second kappa shape index (κ2) is 7.63. The summed E-state index contributed by atoms with van der Waals surface area (Å²) in [7, 11) is 0. The number of nitrogens with zero attached hydrogens (tertiary/aromatic N) is 1. The second-order valence-corrected chi connectivity index (χ2v) is 5.96. The Morgan fingerprint density at radius 3 is 3.06 bits per heavy atom. The van der Waals surface area contributed by atoms with Crippen molar-refractivity contribution < 1.29 is 4.74 Å². The third kappa shape index (κ3) is 4.49. The van der Waals surface area contributed by atoms with Crippen LogP contribution in [0.5, 0.6) is 0 Å². The standard InChI is InChI=1S/C13H18N2OS2/c1-2-5-14-7-13-15-11(10-18-13)8-16-9-12-4-3-6-17-12/h3-4,6,10,14H,2,5,7-9H2,1H3. The largest absolute Gasteiger partial charge is 0.370 e. The van der Waals surface area contributed by atoms with E-state index in [1.54, 1.807) is 22.7 Å². The van der Waals surface area contributed by atoms with Crippen LogP contribution in [0.15, 0.2) is 22.9 Å². The molecule has 0 fully saturated rings. The minimum absolute atomic E-state index is 0.599. The summed E-state index contributed by atoms with van der Waals surface area (Å²) in [6, 6.07) is 4.13. The van der Waals surface area contributed by atoms with Gasteiger partial charge < -0.3 is 10.1 Å². The van der Waals surface area contributed by atoms with Crippen LogP contribution in [0.25, 0.3) is 0 Å². The van der Waals surface area contributed by atoms with E-state index in [0.29, 0.717) is 13.2 Å². The summed E-state index contributed by atoms with van der Waals surface area (Å²) in [6.45, 7) is 5.35. The first kappa shape index (κ1) is 13.7. The number of aromatic nitrogens is 1. The van der Waals surface area contributed by atoms with Crippen molar-refractivity contribution in [2.45, 2.75) is 33.1 Å². The van der Waals surface area contributed by atoms with Crippen molar-refractivity contribution in [1.29, 1.82) is 0 Å². The van der Waals surface area contributed by atoms with Gasteiger partial charge >= 0.3 is 0 Å². The van der Waals surface area contributed by atoms with E-state index in [2.05, 4.69) is 34.1 Å². The molecule has 0 atom stereocenters. The molecule has 0 spiro atoms. The molecule has 0 aliphatic carbocycles. The van der Waals surface area contributed by atoms with Gasteiger partial charge in [0.1, 0.15) is 5.01 Å². The molecular formula is C13H18N2OS2. The quantitative estimate of drug-likeness (QED) is 0.753. The van der Waals surface area contributed by atoms with Crippen LogP contribution >= 0.6 is 22.7 Å². The van der Waals surface area contributed by atoms with Crippen molar-refractivity contribution in [2.75, 3.05) is 6.54 Å². The minimum atomic E-state index is 0.599. The average molecular weight is 282 g/mol. The lowest BCUT2D eigenvalue weighted by Crippen LogP contribution is -2.13. The molecular weight excluding hydrogens is 264 g/mol. The zero-order valence-corrected chi connectivity index (χ0v) is 12.1. The van der Waals surface area contributed by atoms with E-state index in [0.717, 1.165) is 30.2 Å². The first-order valence-electron chi connectivity index (χ1n) is 6.12. The lowest BCUT2D eigenvalue weighted by Gasteiger charge is -2.00. The van der Waals surface area contributed by atoms with Gasteiger partial charge in [-0.25, -0.2) is 4.98 Å². The molecule has 2 rings (SSSR count). The summed E-state index contributed by atoms with van der Waals surface area (Å²) in [5.41, 5.74) is 1.03. The Bertz CT molecular complexity index is 440. The number of thiazole rings is 1. The molecule has 98 valence electrons. The minimum Gasteiger partial charge on any atom is -0.370 e. The number of nitrogens with one attached hydrogen (secondary N) is 1. The van der Waals surface area contributed by atoms with Crippen LogP contribution in [0.4, 0.5) is 0 Å². The van der Waals surface area contributed by atoms with E-state index in [-0.39, 0.29) is 0 Å². The predicted molar refractivity (Wildman–Crippen MR) is 76.9 cm³/mol. The molecule has 0 saturated carbocycles. The van der Waals surface area contributed by atoms with E-state index in [1.807, 2.05) is 6.07 Å². The number of ether oxygens (including phenoxy) is 1. The van der Waals surface area contributed by atoms with Gasteiger partial charge in [-0.2, -0.15) is 0 Å². The topological polar surface area (TPSA) is 34.2 Å². The fourth-order valence-corrected chi connectivity index (χ4v) is 2.91. The third-order valence-electron chi connectivity index (χ3n) is 2.38. The monoisotopic (exact) mass is 282 g/mol. The molecule has 18 heavy (non-hydrogen) atoms. The maximum atomic E-state index is 5.64. The summed E-state index contributed by atoms with van der Waals surface area (Å²) in [4.78, 5) is 5.79. The van der Waals surface area contributed by atoms with Gasteiger partial charge in [0.05, 0.1) is 18.9 Å². The van der Waals surface area contributed by atoms with Gasteiger partial charge in [0.2, 0.25) is 0 Å². The Balaban J connectivity index is 1.69. The van der Waals surface area contributed by atoms with E-state index < -0.39 is 0 Å². The number of thiophene rings is 1. The fraction of sp³-hybridized carbons (Fsp3) is 0.462. The van der Waals surface area contributed by atoms with Crippen LogP contribution in [0.2, 0.25) is 0 Å². The molecule has 3 nitrogen and oxygen atoms in total. The number of hydrogen-bond donors (Lipinski definition) is 1. The fourth-order valence-electron chi connectivity index (χ4n) is 1.52. The first-order valence-corrected chi connectivity index (χ1v) is 7.88. The summed E-state index contributed by atoms with van der Waals surface area (Å²) < 4.78 is 5.64. The van der Waals surface area contributed by atoms with Gasteiger partial charge in [-0.05, 0) is 24.4 Å². The van der Waals surface area contributed by atoms with Crippen molar-refractivity contribution >= 4 is 22.7 Å². The summed E-state index contributed by atoms with van der Waals surface area (Å²) in [5, 5.41) is 8.64. The van der Waals surface area contributed by atoms with Gasteiger partial charge in [0.25, 0.3) is 0 Å². The van der Waals surface area contributed by atoms with Gasteiger partial charge in [-0.1, -0.05) is 13.0 Å². The van der Waals surface area contributed by atoms with Crippen LogP contribution in [-0.2, 0) is 24.5 Å². The lowest BCUT2D eigenvalue weighted by atomic mass is 10.4. The smallest absolute Gasteiger partial charge is 0.107 e. The number of rotatable bonds is 8. The highest BCUT2D eigenvalue weighted by Crippen LogP contribution is 2.13. The molecule has 2 aromatic heterocycles. The highest BCUT2D eigenvalue weighted by molar-refractivity contribution is 7.10. The van der Waals surface area contributed by atoms with Crippen LogP contribution in [-0.4, -0.2) is 11.5 Å². The number of hydrogen-bond acceptors (Lipinski definition) is 5. The van der Waals surface area contributed by atoms with Gasteiger partial charge in [-0.3, -0.25) is 0 Å². The molecule has 0 aliphatic heterocycles.